The van der Waals surface area contributed by atoms with Gasteiger partial charge in [-0.05, 0) is 6.07 Å². The van der Waals surface area contributed by atoms with Crippen LogP contribution in [0.4, 0.5) is 5.69 Å². The van der Waals surface area contributed by atoms with Crippen LogP contribution in [0.1, 0.15) is 16.1 Å². The quantitative estimate of drug-likeness (QED) is 0.383. The number of nitro benzene ring substituents is 1. The molecule has 0 radical (unpaired) electrons. The maximum Gasteiger partial charge on any atom is 0.270 e. The first-order valence-corrected chi connectivity index (χ1v) is 7.91. The Morgan fingerprint density at radius 1 is 1.21 bits per heavy atom. The summed E-state index contributed by atoms with van der Waals surface area (Å²) in [6.07, 6.45) is 0.540. The van der Waals surface area contributed by atoms with Crippen molar-refractivity contribution in [1.29, 1.82) is 0 Å². The average Bonchev–Trinajstić information content (AvgIpc) is 3.09. The molecule has 0 aliphatic carbocycles. The van der Waals surface area contributed by atoms with Crippen LogP contribution in [0.15, 0.2) is 53.9 Å². The highest BCUT2D eigenvalue weighted by molar-refractivity contribution is 7.13. The number of non-ortho nitro benzene ring substituents is 1. The predicted octanol–water partition coefficient (Wildman–Crippen LogP) is 4.11. The van der Waals surface area contributed by atoms with E-state index in [2.05, 4.69) is 4.98 Å². The van der Waals surface area contributed by atoms with Crippen molar-refractivity contribution < 1.29 is 14.5 Å². The van der Waals surface area contributed by atoms with Gasteiger partial charge >= 0.3 is 0 Å². The number of aldehydes is 1. The molecule has 0 bridgehead atoms. The topological polar surface area (TPSA) is 82.3 Å². The van der Waals surface area contributed by atoms with E-state index in [9.17, 15) is 14.9 Å². The van der Waals surface area contributed by atoms with Crippen molar-refractivity contribution in [3.63, 3.8) is 0 Å². The largest absolute Gasteiger partial charge is 0.487 e. The average molecular weight is 340 g/mol. The van der Waals surface area contributed by atoms with Gasteiger partial charge in [-0.15, -0.1) is 11.3 Å². The molecule has 3 aromatic rings. The molecular formula is C17H12N2O4S. The lowest BCUT2D eigenvalue weighted by atomic mass is 10.2. The molecule has 0 N–H and O–H groups in total. The number of benzene rings is 2. The number of carbonyl (C=O) groups excluding carboxylic acids is 1. The standard InChI is InChI=1S/C17H12N2O4S/c20-9-13-8-15(19(21)22)6-7-16(13)23-10-14-11-24-17(18-14)12-4-2-1-3-5-12/h1-9,11H,10H2. The summed E-state index contributed by atoms with van der Waals surface area (Å²) < 4.78 is 5.59. The Hall–Kier alpha value is -3.06. The molecule has 0 spiro atoms. The number of hydrogen-bond donors (Lipinski definition) is 0. The molecule has 0 unspecified atom stereocenters. The second-order valence-corrected chi connectivity index (χ2v) is 5.75. The van der Waals surface area contributed by atoms with Crippen LogP contribution in [-0.4, -0.2) is 16.2 Å². The van der Waals surface area contributed by atoms with Gasteiger partial charge in [0.1, 0.15) is 17.4 Å². The van der Waals surface area contributed by atoms with E-state index < -0.39 is 4.92 Å². The molecule has 1 aromatic heterocycles. The third-order valence-electron chi connectivity index (χ3n) is 3.28. The van der Waals surface area contributed by atoms with Gasteiger partial charge in [0.25, 0.3) is 5.69 Å². The number of thiazole rings is 1. The highest BCUT2D eigenvalue weighted by Gasteiger charge is 2.12. The minimum Gasteiger partial charge on any atom is -0.487 e. The van der Waals surface area contributed by atoms with Crippen LogP contribution in [-0.2, 0) is 6.61 Å². The van der Waals surface area contributed by atoms with Crippen molar-refractivity contribution in [3.8, 4) is 16.3 Å². The molecule has 120 valence electrons. The normalized spacial score (nSPS) is 10.3. The van der Waals surface area contributed by atoms with Crippen molar-refractivity contribution in [1.82, 2.24) is 4.98 Å². The maximum atomic E-state index is 11.1. The van der Waals surface area contributed by atoms with E-state index in [1.165, 1.54) is 29.5 Å². The van der Waals surface area contributed by atoms with Crippen LogP contribution in [0.5, 0.6) is 5.75 Å². The second-order valence-electron chi connectivity index (χ2n) is 4.90. The summed E-state index contributed by atoms with van der Waals surface area (Å²) in [6.45, 7) is 0.183. The molecular weight excluding hydrogens is 328 g/mol. The summed E-state index contributed by atoms with van der Waals surface area (Å²) in [5.74, 6) is 0.296. The van der Waals surface area contributed by atoms with E-state index in [0.717, 1.165) is 16.3 Å². The number of carbonyl (C=O) groups is 1. The van der Waals surface area contributed by atoms with E-state index in [-0.39, 0.29) is 17.9 Å². The molecule has 0 saturated heterocycles. The lowest BCUT2D eigenvalue weighted by molar-refractivity contribution is -0.384. The van der Waals surface area contributed by atoms with Crippen molar-refractivity contribution in [2.45, 2.75) is 6.61 Å². The Kier molecular flexibility index (Phi) is 4.62. The second kappa shape index (κ2) is 7.01. The van der Waals surface area contributed by atoms with Crippen LogP contribution in [0, 0.1) is 10.1 Å². The molecule has 0 aliphatic rings. The third kappa shape index (κ3) is 3.47. The molecule has 0 aliphatic heterocycles. The van der Waals surface area contributed by atoms with Crippen LogP contribution >= 0.6 is 11.3 Å². The van der Waals surface area contributed by atoms with Crippen LogP contribution < -0.4 is 4.74 Å². The molecule has 0 atom stereocenters. The minimum absolute atomic E-state index is 0.141. The fraction of sp³-hybridized carbons (Fsp3) is 0.0588. The Morgan fingerprint density at radius 2 is 2.00 bits per heavy atom. The number of nitrogens with zero attached hydrogens (tertiary/aromatic N) is 2. The summed E-state index contributed by atoms with van der Waals surface area (Å²) in [7, 11) is 0. The molecule has 6 nitrogen and oxygen atoms in total. The summed E-state index contributed by atoms with van der Waals surface area (Å²) in [4.78, 5) is 25.8. The molecule has 1 heterocycles. The molecule has 3 rings (SSSR count). The van der Waals surface area contributed by atoms with Crippen molar-refractivity contribution in [2.24, 2.45) is 0 Å². The Balaban J connectivity index is 1.73. The Bertz CT molecular complexity index is 877. The number of aromatic nitrogens is 1. The number of ether oxygens (including phenoxy) is 1. The fourth-order valence-corrected chi connectivity index (χ4v) is 2.92. The third-order valence-corrected chi connectivity index (χ3v) is 4.22. The first kappa shape index (κ1) is 15.8. The van der Waals surface area contributed by atoms with Gasteiger partial charge in [0.15, 0.2) is 6.29 Å². The SMILES string of the molecule is O=Cc1cc([N+](=O)[O-])ccc1OCc1csc(-c2ccccc2)n1. The zero-order valence-corrected chi connectivity index (χ0v) is 13.2. The first-order chi connectivity index (χ1) is 11.7. The lowest BCUT2D eigenvalue weighted by Gasteiger charge is -2.06. The monoisotopic (exact) mass is 340 g/mol. The Labute approximate surface area is 141 Å². The summed E-state index contributed by atoms with van der Waals surface area (Å²) in [5, 5.41) is 13.5. The number of rotatable bonds is 6. The van der Waals surface area contributed by atoms with Gasteiger partial charge in [0, 0.05) is 23.1 Å². The van der Waals surface area contributed by atoms with Gasteiger partial charge < -0.3 is 4.74 Å². The van der Waals surface area contributed by atoms with Crippen molar-refractivity contribution in [3.05, 3.63) is 75.3 Å². The number of hydrogen-bond acceptors (Lipinski definition) is 6. The zero-order valence-electron chi connectivity index (χ0n) is 12.4. The lowest BCUT2D eigenvalue weighted by Crippen LogP contribution is -1.99. The highest BCUT2D eigenvalue weighted by atomic mass is 32.1. The van der Waals surface area contributed by atoms with Gasteiger partial charge in [-0.1, -0.05) is 30.3 Å². The van der Waals surface area contributed by atoms with Gasteiger partial charge in [-0.3, -0.25) is 14.9 Å². The number of nitro groups is 1. The Morgan fingerprint density at radius 3 is 2.71 bits per heavy atom. The predicted molar refractivity (Wildman–Crippen MR) is 90.4 cm³/mol. The zero-order chi connectivity index (χ0) is 16.9. The van der Waals surface area contributed by atoms with E-state index in [0.29, 0.717) is 12.0 Å². The van der Waals surface area contributed by atoms with E-state index in [4.69, 9.17) is 4.74 Å². The summed E-state index contributed by atoms with van der Waals surface area (Å²) >= 11 is 1.50. The van der Waals surface area contributed by atoms with Crippen molar-refractivity contribution >= 4 is 23.3 Å². The van der Waals surface area contributed by atoms with Crippen LogP contribution in [0.2, 0.25) is 0 Å². The molecule has 0 amide bonds. The molecule has 0 saturated carbocycles. The van der Waals surface area contributed by atoms with Gasteiger partial charge in [-0.2, -0.15) is 0 Å². The minimum atomic E-state index is -0.552. The molecule has 2 aromatic carbocycles. The van der Waals surface area contributed by atoms with Crippen molar-refractivity contribution in [2.75, 3.05) is 0 Å². The van der Waals surface area contributed by atoms with E-state index >= 15 is 0 Å². The smallest absolute Gasteiger partial charge is 0.270 e. The molecule has 7 heteroatoms. The van der Waals surface area contributed by atoms with Gasteiger partial charge in [0.2, 0.25) is 0 Å². The fourth-order valence-electron chi connectivity index (χ4n) is 2.11. The van der Waals surface area contributed by atoms with Gasteiger partial charge in [0.05, 0.1) is 16.2 Å². The highest BCUT2D eigenvalue weighted by Crippen LogP contribution is 2.26. The van der Waals surface area contributed by atoms with Crippen LogP contribution in [0.25, 0.3) is 10.6 Å². The van der Waals surface area contributed by atoms with E-state index in [1.54, 1.807) is 0 Å². The summed E-state index contributed by atoms with van der Waals surface area (Å²) in [6, 6.07) is 13.7. The van der Waals surface area contributed by atoms with E-state index in [1.807, 2.05) is 35.7 Å². The van der Waals surface area contributed by atoms with Gasteiger partial charge in [-0.25, -0.2) is 4.98 Å². The molecule has 24 heavy (non-hydrogen) atoms. The first-order valence-electron chi connectivity index (χ1n) is 7.03. The maximum absolute atomic E-state index is 11.1. The van der Waals surface area contributed by atoms with Crippen LogP contribution in [0.3, 0.4) is 0 Å². The molecule has 0 fully saturated rings. The summed E-state index contributed by atoms with van der Waals surface area (Å²) in [5.41, 5.74) is 1.75.